The second-order valence-corrected chi connectivity index (χ2v) is 3.64. The molecule has 0 radical (unpaired) electrons. The Balaban J connectivity index is 2.16. The minimum absolute atomic E-state index is 0.348. The lowest BCUT2D eigenvalue weighted by Gasteiger charge is -2.20. The highest BCUT2D eigenvalue weighted by Crippen LogP contribution is 2.33. The molecule has 0 saturated carbocycles. The van der Waals surface area contributed by atoms with E-state index < -0.39 is 12.5 Å². The quantitative estimate of drug-likeness (QED) is 0.863. The first-order chi connectivity index (χ1) is 7.66. The Kier molecular flexibility index (Phi) is 3.24. The van der Waals surface area contributed by atoms with Crippen LogP contribution < -0.4 is 15.2 Å². The molecule has 0 aromatic heterocycles. The second-order valence-electron chi connectivity index (χ2n) is 3.64. The molecule has 1 atom stereocenters. The number of ether oxygens (including phenoxy) is 2. The highest BCUT2D eigenvalue weighted by molar-refractivity contribution is 5.44. The standard InChI is InChI=1S/C11H13F2NO2/c12-11(13)6-8(14)7-1-2-9-10(5-7)16-4-3-15-9/h1-2,5,8,11H,3-4,6,14H2/t8-/m0/s1. The van der Waals surface area contributed by atoms with Gasteiger partial charge in [-0.3, -0.25) is 0 Å². The van der Waals surface area contributed by atoms with Crippen molar-refractivity contribution in [1.82, 2.24) is 0 Å². The van der Waals surface area contributed by atoms with Crippen LogP contribution in [0.15, 0.2) is 18.2 Å². The molecular weight excluding hydrogens is 216 g/mol. The summed E-state index contributed by atoms with van der Waals surface area (Å²) in [6.45, 7) is 0.982. The average Bonchev–Trinajstić information content (AvgIpc) is 2.27. The van der Waals surface area contributed by atoms with Gasteiger partial charge >= 0.3 is 0 Å². The van der Waals surface area contributed by atoms with Crippen LogP contribution in [0.1, 0.15) is 18.0 Å². The predicted molar refractivity (Wildman–Crippen MR) is 55.0 cm³/mol. The topological polar surface area (TPSA) is 44.5 Å². The Morgan fingerprint density at radius 1 is 1.19 bits per heavy atom. The van der Waals surface area contributed by atoms with Crippen LogP contribution in [0.4, 0.5) is 8.78 Å². The Morgan fingerprint density at radius 2 is 1.88 bits per heavy atom. The summed E-state index contributed by atoms with van der Waals surface area (Å²) >= 11 is 0. The molecular formula is C11H13F2NO2. The van der Waals surface area contributed by atoms with Gasteiger partial charge in [0.15, 0.2) is 11.5 Å². The lowest BCUT2D eigenvalue weighted by atomic mass is 10.0. The van der Waals surface area contributed by atoms with E-state index in [9.17, 15) is 8.78 Å². The Bertz CT molecular complexity index is 371. The van der Waals surface area contributed by atoms with E-state index in [1.54, 1.807) is 18.2 Å². The lowest BCUT2D eigenvalue weighted by molar-refractivity contribution is 0.128. The van der Waals surface area contributed by atoms with Gasteiger partial charge < -0.3 is 15.2 Å². The number of fused-ring (bicyclic) bond motifs is 1. The molecule has 1 aromatic carbocycles. The van der Waals surface area contributed by atoms with Crippen LogP contribution >= 0.6 is 0 Å². The summed E-state index contributed by atoms with van der Waals surface area (Å²) in [4.78, 5) is 0. The summed E-state index contributed by atoms with van der Waals surface area (Å²) in [7, 11) is 0. The van der Waals surface area contributed by atoms with Crippen LogP contribution in [-0.2, 0) is 0 Å². The van der Waals surface area contributed by atoms with Crippen molar-refractivity contribution in [2.45, 2.75) is 18.9 Å². The highest BCUT2D eigenvalue weighted by Gasteiger charge is 2.17. The van der Waals surface area contributed by atoms with Gasteiger partial charge in [0.2, 0.25) is 6.43 Å². The van der Waals surface area contributed by atoms with Gasteiger partial charge in [-0.2, -0.15) is 0 Å². The molecule has 0 spiro atoms. The van der Waals surface area contributed by atoms with E-state index in [1.165, 1.54) is 0 Å². The van der Waals surface area contributed by atoms with E-state index >= 15 is 0 Å². The third-order valence-electron chi connectivity index (χ3n) is 2.43. The molecule has 0 aliphatic carbocycles. The van der Waals surface area contributed by atoms with Gasteiger partial charge in [0.1, 0.15) is 13.2 Å². The van der Waals surface area contributed by atoms with E-state index in [0.717, 1.165) is 0 Å². The van der Waals surface area contributed by atoms with Crippen LogP contribution in [0.25, 0.3) is 0 Å². The van der Waals surface area contributed by atoms with Crippen molar-refractivity contribution < 1.29 is 18.3 Å². The number of rotatable bonds is 3. The van der Waals surface area contributed by atoms with Gasteiger partial charge in [-0.25, -0.2) is 8.78 Å². The zero-order valence-corrected chi connectivity index (χ0v) is 8.66. The average molecular weight is 229 g/mol. The van der Waals surface area contributed by atoms with Crippen LogP contribution in [-0.4, -0.2) is 19.6 Å². The van der Waals surface area contributed by atoms with Crippen molar-refractivity contribution >= 4 is 0 Å². The zero-order valence-electron chi connectivity index (χ0n) is 8.66. The van der Waals surface area contributed by atoms with Crippen molar-refractivity contribution in [3.63, 3.8) is 0 Å². The van der Waals surface area contributed by atoms with Gasteiger partial charge in [-0.15, -0.1) is 0 Å². The molecule has 1 heterocycles. The summed E-state index contributed by atoms with van der Waals surface area (Å²) in [6, 6.07) is 4.40. The summed E-state index contributed by atoms with van der Waals surface area (Å²) < 4.78 is 35.0. The SMILES string of the molecule is N[C@@H](CC(F)F)c1ccc2c(c1)OCCO2. The van der Waals surface area contributed by atoms with Crippen molar-refractivity contribution in [3.8, 4) is 11.5 Å². The molecule has 0 bridgehead atoms. The minimum atomic E-state index is -2.40. The molecule has 88 valence electrons. The smallest absolute Gasteiger partial charge is 0.240 e. The minimum Gasteiger partial charge on any atom is -0.486 e. The van der Waals surface area contributed by atoms with Gasteiger partial charge in [-0.1, -0.05) is 6.07 Å². The number of halogens is 2. The molecule has 1 aliphatic rings. The first-order valence-electron chi connectivity index (χ1n) is 5.10. The number of nitrogens with two attached hydrogens (primary N) is 1. The molecule has 0 unspecified atom stereocenters. The summed E-state index contributed by atoms with van der Waals surface area (Å²) in [5, 5.41) is 0. The number of hydrogen-bond donors (Lipinski definition) is 1. The lowest BCUT2D eigenvalue weighted by Crippen LogP contribution is -2.17. The third kappa shape index (κ3) is 2.41. The molecule has 2 rings (SSSR count). The van der Waals surface area contributed by atoms with Gasteiger partial charge in [-0.05, 0) is 17.7 Å². The van der Waals surface area contributed by atoms with Gasteiger partial charge in [0.25, 0.3) is 0 Å². The van der Waals surface area contributed by atoms with E-state index in [1.807, 2.05) is 0 Å². The largest absolute Gasteiger partial charge is 0.486 e. The molecule has 1 aromatic rings. The fourth-order valence-electron chi connectivity index (χ4n) is 1.62. The first-order valence-corrected chi connectivity index (χ1v) is 5.10. The molecule has 5 heteroatoms. The van der Waals surface area contributed by atoms with Gasteiger partial charge in [0.05, 0.1) is 0 Å². The van der Waals surface area contributed by atoms with E-state index in [4.69, 9.17) is 15.2 Å². The Hall–Kier alpha value is -1.36. The molecule has 0 amide bonds. The van der Waals surface area contributed by atoms with Crippen LogP contribution in [0.2, 0.25) is 0 Å². The fourth-order valence-corrected chi connectivity index (χ4v) is 1.62. The van der Waals surface area contributed by atoms with Gasteiger partial charge in [0, 0.05) is 12.5 Å². The van der Waals surface area contributed by atoms with Crippen LogP contribution in [0.3, 0.4) is 0 Å². The maximum atomic E-state index is 12.2. The molecule has 0 saturated heterocycles. The van der Waals surface area contributed by atoms with E-state index in [0.29, 0.717) is 30.3 Å². The summed E-state index contributed by atoms with van der Waals surface area (Å²) in [6.07, 6.45) is -2.75. The second kappa shape index (κ2) is 4.65. The normalized spacial score (nSPS) is 16.2. The number of hydrogen-bond acceptors (Lipinski definition) is 3. The number of alkyl halides is 2. The van der Waals surface area contributed by atoms with Crippen LogP contribution in [0, 0.1) is 0 Å². The van der Waals surface area contributed by atoms with E-state index in [2.05, 4.69) is 0 Å². The van der Waals surface area contributed by atoms with Crippen LogP contribution in [0.5, 0.6) is 11.5 Å². The number of benzene rings is 1. The summed E-state index contributed by atoms with van der Waals surface area (Å²) in [5.41, 5.74) is 6.30. The van der Waals surface area contributed by atoms with E-state index in [-0.39, 0.29) is 6.42 Å². The highest BCUT2D eigenvalue weighted by atomic mass is 19.3. The predicted octanol–water partition coefficient (Wildman–Crippen LogP) is 2.11. The maximum absolute atomic E-state index is 12.2. The Labute approximate surface area is 92.1 Å². The summed E-state index contributed by atoms with van der Waals surface area (Å²) in [5.74, 6) is 1.22. The van der Waals surface area contributed by atoms with Crippen molar-refractivity contribution in [2.24, 2.45) is 5.73 Å². The molecule has 1 aliphatic heterocycles. The molecule has 0 fully saturated rings. The Morgan fingerprint density at radius 3 is 2.56 bits per heavy atom. The molecule has 2 N–H and O–H groups in total. The first kappa shape index (κ1) is 11.1. The monoisotopic (exact) mass is 229 g/mol. The third-order valence-corrected chi connectivity index (χ3v) is 2.43. The fraction of sp³-hybridized carbons (Fsp3) is 0.455. The van der Waals surface area contributed by atoms with Crippen molar-refractivity contribution in [2.75, 3.05) is 13.2 Å². The zero-order chi connectivity index (χ0) is 11.5. The van der Waals surface area contributed by atoms with Crippen molar-refractivity contribution in [1.29, 1.82) is 0 Å². The molecule has 3 nitrogen and oxygen atoms in total. The maximum Gasteiger partial charge on any atom is 0.240 e. The molecule has 16 heavy (non-hydrogen) atoms. The van der Waals surface area contributed by atoms with Crippen molar-refractivity contribution in [3.05, 3.63) is 23.8 Å².